The molecule has 0 spiro atoms. The molecule has 1 fully saturated rings. The third-order valence-electron chi connectivity index (χ3n) is 4.01. The lowest BCUT2D eigenvalue weighted by atomic mass is 10.0. The first kappa shape index (κ1) is 15.6. The maximum Gasteiger partial charge on any atom is 0.236 e. The summed E-state index contributed by atoms with van der Waals surface area (Å²) in [6.07, 6.45) is 2.06. The summed E-state index contributed by atoms with van der Waals surface area (Å²) in [6.45, 7) is 4.38. The summed E-state index contributed by atoms with van der Waals surface area (Å²) in [4.78, 5) is 15.6. The van der Waals surface area contributed by atoms with Gasteiger partial charge in [0.25, 0.3) is 0 Å². The number of amides is 1. The molecule has 0 atom stereocenters. The quantitative estimate of drug-likeness (QED) is 0.829. The summed E-state index contributed by atoms with van der Waals surface area (Å²) in [5.74, 6) is 0.464. The minimum Gasteiger partial charge on any atom is -0.508 e. The van der Waals surface area contributed by atoms with E-state index < -0.39 is 0 Å². The Kier molecular flexibility index (Phi) is 5.07. The van der Waals surface area contributed by atoms with Crippen LogP contribution < -0.4 is 5.32 Å². The van der Waals surface area contributed by atoms with Crippen LogP contribution in [0.5, 0.6) is 5.75 Å². The monoisotopic (exact) mass is 291 g/mol. The van der Waals surface area contributed by atoms with Crippen molar-refractivity contribution in [2.24, 2.45) is 0 Å². The van der Waals surface area contributed by atoms with Crippen molar-refractivity contribution in [2.45, 2.75) is 25.8 Å². The molecule has 0 saturated carbocycles. The highest BCUT2D eigenvalue weighted by molar-refractivity contribution is 5.77. The van der Waals surface area contributed by atoms with Crippen molar-refractivity contribution in [3.05, 3.63) is 23.8 Å². The van der Waals surface area contributed by atoms with E-state index in [4.69, 9.17) is 0 Å². The van der Waals surface area contributed by atoms with Crippen LogP contribution >= 0.6 is 0 Å². The van der Waals surface area contributed by atoms with Gasteiger partial charge in [-0.05, 0) is 43.5 Å². The Bertz CT molecular complexity index is 494. The molecule has 1 saturated heterocycles. The number of benzene rings is 1. The molecule has 1 heterocycles. The number of rotatable bonds is 4. The van der Waals surface area contributed by atoms with Crippen LogP contribution in [0, 0.1) is 6.92 Å². The zero-order valence-electron chi connectivity index (χ0n) is 13.1. The zero-order valence-corrected chi connectivity index (χ0v) is 13.1. The largest absolute Gasteiger partial charge is 0.508 e. The van der Waals surface area contributed by atoms with Gasteiger partial charge < -0.3 is 15.3 Å². The molecule has 0 aromatic heterocycles. The molecule has 0 bridgehead atoms. The van der Waals surface area contributed by atoms with Crippen LogP contribution in [-0.2, 0) is 4.79 Å². The van der Waals surface area contributed by atoms with Gasteiger partial charge in [0.15, 0.2) is 0 Å². The van der Waals surface area contributed by atoms with Gasteiger partial charge >= 0.3 is 0 Å². The number of likely N-dealkylation sites (N-methyl/N-ethyl adjacent to an activating group) is 1. The number of carbonyl (C=O) groups excluding carboxylic acids is 1. The van der Waals surface area contributed by atoms with Crippen molar-refractivity contribution in [1.82, 2.24) is 9.80 Å². The highest BCUT2D eigenvalue weighted by Gasteiger charge is 2.21. The smallest absolute Gasteiger partial charge is 0.236 e. The summed E-state index contributed by atoms with van der Waals surface area (Å²) in [7, 11) is 3.59. The Balaban J connectivity index is 1.83. The second-order valence-electron chi connectivity index (χ2n) is 5.98. The average Bonchev–Trinajstić information content (AvgIpc) is 2.43. The van der Waals surface area contributed by atoms with Gasteiger partial charge in [-0.2, -0.15) is 0 Å². The molecule has 1 amide bonds. The summed E-state index contributed by atoms with van der Waals surface area (Å²) in [6, 6.07) is 5.83. The molecule has 1 aromatic rings. The maximum absolute atomic E-state index is 11.7. The lowest BCUT2D eigenvalue weighted by molar-refractivity contribution is -0.130. The summed E-state index contributed by atoms with van der Waals surface area (Å²) < 4.78 is 0. The van der Waals surface area contributed by atoms with Crippen molar-refractivity contribution in [3.8, 4) is 5.75 Å². The molecule has 1 aliphatic heterocycles. The number of likely N-dealkylation sites (tertiary alicyclic amines) is 1. The van der Waals surface area contributed by atoms with Crippen LogP contribution in [0.2, 0.25) is 0 Å². The van der Waals surface area contributed by atoms with Gasteiger partial charge in [-0.25, -0.2) is 0 Å². The Hall–Kier alpha value is -1.75. The summed E-state index contributed by atoms with van der Waals surface area (Å²) in [5.41, 5.74) is 2.14. The van der Waals surface area contributed by atoms with Gasteiger partial charge in [-0.1, -0.05) is 0 Å². The van der Waals surface area contributed by atoms with E-state index in [9.17, 15) is 9.90 Å². The number of carbonyl (C=O) groups is 1. The van der Waals surface area contributed by atoms with Gasteiger partial charge in [0.2, 0.25) is 5.91 Å². The van der Waals surface area contributed by atoms with Crippen LogP contribution in [0.15, 0.2) is 18.2 Å². The van der Waals surface area contributed by atoms with Crippen LogP contribution in [0.1, 0.15) is 18.4 Å². The topological polar surface area (TPSA) is 55.8 Å². The van der Waals surface area contributed by atoms with Crippen LogP contribution in [0.25, 0.3) is 0 Å². The molecule has 2 rings (SSSR count). The minimum absolute atomic E-state index is 0.163. The Morgan fingerprint density at radius 3 is 2.62 bits per heavy atom. The number of aromatic hydroxyl groups is 1. The molecule has 0 aliphatic carbocycles. The maximum atomic E-state index is 11.7. The Labute approximate surface area is 126 Å². The lowest BCUT2D eigenvalue weighted by Crippen LogP contribution is -2.43. The van der Waals surface area contributed by atoms with Crippen LogP contribution in [0.3, 0.4) is 0 Å². The van der Waals surface area contributed by atoms with Crippen molar-refractivity contribution in [1.29, 1.82) is 0 Å². The Morgan fingerprint density at radius 1 is 1.38 bits per heavy atom. The molecule has 1 aromatic carbocycles. The predicted octanol–water partition coefficient (Wildman–Crippen LogP) is 1.67. The lowest BCUT2D eigenvalue weighted by Gasteiger charge is -2.33. The summed E-state index contributed by atoms with van der Waals surface area (Å²) in [5, 5.41) is 13.0. The number of hydrogen-bond donors (Lipinski definition) is 2. The number of phenols is 1. The fourth-order valence-electron chi connectivity index (χ4n) is 2.60. The van der Waals surface area contributed by atoms with E-state index in [1.54, 1.807) is 31.1 Å². The third-order valence-corrected chi connectivity index (χ3v) is 4.01. The van der Waals surface area contributed by atoms with Gasteiger partial charge in [-0.3, -0.25) is 9.69 Å². The molecule has 2 N–H and O–H groups in total. The van der Waals surface area contributed by atoms with Crippen molar-refractivity contribution >= 4 is 11.6 Å². The fourth-order valence-corrected chi connectivity index (χ4v) is 2.60. The van der Waals surface area contributed by atoms with E-state index in [1.807, 2.05) is 13.0 Å². The molecule has 1 aliphatic rings. The summed E-state index contributed by atoms with van der Waals surface area (Å²) >= 11 is 0. The first-order valence-electron chi connectivity index (χ1n) is 7.44. The molecule has 116 valence electrons. The van der Waals surface area contributed by atoms with Crippen molar-refractivity contribution < 1.29 is 9.90 Å². The first-order chi connectivity index (χ1) is 9.95. The van der Waals surface area contributed by atoms with Gasteiger partial charge in [-0.15, -0.1) is 0 Å². The van der Waals surface area contributed by atoms with E-state index >= 15 is 0 Å². The number of nitrogens with zero attached hydrogens (tertiary/aromatic N) is 2. The van der Waals surface area contributed by atoms with Gasteiger partial charge in [0, 0.05) is 38.9 Å². The SMILES string of the molecule is Cc1cc(O)ccc1NC1CCN(CC(=O)N(C)C)CC1. The molecular formula is C16H25N3O2. The highest BCUT2D eigenvalue weighted by atomic mass is 16.3. The van der Waals surface area contributed by atoms with E-state index in [1.165, 1.54) is 0 Å². The van der Waals surface area contributed by atoms with E-state index in [0.717, 1.165) is 37.2 Å². The molecule has 0 radical (unpaired) electrons. The standard InChI is InChI=1S/C16H25N3O2/c1-12-10-14(20)4-5-15(12)17-13-6-8-19(9-7-13)11-16(21)18(2)3/h4-5,10,13,17,20H,6-9,11H2,1-3H3. The molecule has 5 heteroatoms. The number of nitrogens with one attached hydrogen (secondary N) is 1. The zero-order chi connectivity index (χ0) is 15.4. The van der Waals surface area contributed by atoms with E-state index in [2.05, 4.69) is 10.2 Å². The molecule has 0 unspecified atom stereocenters. The van der Waals surface area contributed by atoms with Gasteiger partial charge in [0.05, 0.1) is 6.54 Å². The van der Waals surface area contributed by atoms with Crippen molar-refractivity contribution in [3.63, 3.8) is 0 Å². The molecule has 21 heavy (non-hydrogen) atoms. The van der Waals surface area contributed by atoms with Crippen LogP contribution in [0.4, 0.5) is 5.69 Å². The minimum atomic E-state index is 0.163. The van der Waals surface area contributed by atoms with Gasteiger partial charge in [0.1, 0.15) is 5.75 Å². The number of piperidine rings is 1. The second kappa shape index (κ2) is 6.80. The average molecular weight is 291 g/mol. The molecule has 5 nitrogen and oxygen atoms in total. The highest BCUT2D eigenvalue weighted by Crippen LogP contribution is 2.23. The third kappa shape index (κ3) is 4.36. The number of hydrogen-bond acceptors (Lipinski definition) is 4. The fraction of sp³-hybridized carbons (Fsp3) is 0.562. The van der Waals surface area contributed by atoms with Crippen LogP contribution in [-0.4, -0.2) is 60.6 Å². The predicted molar refractivity (Wildman–Crippen MR) is 84.6 cm³/mol. The van der Waals surface area contributed by atoms with E-state index in [0.29, 0.717) is 18.3 Å². The second-order valence-corrected chi connectivity index (χ2v) is 5.98. The van der Waals surface area contributed by atoms with Crippen molar-refractivity contribution in [2.75, 3.05) is 39.0 Å². The molecular weight excluding hydrogens is 266 g/mol. The number of phenolic OH excluding ortho intramolecular Hbond substituents is 1. The first-order valence-corrected chi connectivity index (χ1v) is 7.44. The normalized spacial score (nSPS) is 16.7. The Morgan fingerprint density at radius 2 is 2.05 bits per heavy atom. The van der Waals surface area contributed by atoms with E-state index in [-0.39, 0.29) is 5.91 Å². The number of aryl methyl sites for hydroxylation is 1. The number of anilines is 1.